The fourth-order valence-electron chi connectivity index (χ4n) is 1.98. The highest BCUT2D eigenvalue weighted by atomic mass is 16.5. The third-order valence-corrected chi connectivity index (χ3v) is 3.08. The fourth-order valence-corrected chi connectivity index (χ4v) is 1.98. The van der Waals surface area contributed by atoms with Crippen LogP contribution < -0.4 is 0 Å². The van der Waals surface area contributed by atoms with Crippen molar-refractivity contribution in [1.29, 1.82) is 0 Å². The molecular weight excluding hydrogens is 164 g/mol. The number of ether oxygens (including phenoxy) is 2. The summed E-state index contributed by atoms with van der Waals surface area (Å²) >= 11 is 0. The minimum absolute atomic E-state index is 0.473. The molecule has 0 aromatic carbocycles. The topological polar surface area (TPSA) is 18.5 Å². The standard InChI is InChI=1S/C11H20O2/c1-8(2)10-7-12-6-5-11(10)13-9-3-4-9/h8-11H,3-7H2,1-2H3/t10-,11+/m0/s1. The molecule has 2 nitrogen and oxygen atoms in total. The van der Waals surface area contributed by atoms with Crippen molar-refractivity contribution in [1.82, 2.24) is 0 Å². The highest BCUT2D eigenvalue weighted by molar-refractivity contribution is 4.82. The summed E-state index contributed by atoms with van der Waals surface area (Å²) in [5, 5.41) is 0. The predicted molar refractivity (Wildman–Crippen MR) is 51.7 cm³/mol. The first-order valence-electron chi connectivity index (χ1n) is 5.50. The Balaban J connectivity index is 1.87. The smallest absolute Gasteiger partial charge is 0.0653 e. The van der Waals surface area contributed by atoms with E-state index in [1.54, 1.807) is 0 Å². The Bertz CT molecular complexity index is 163. The molecule has 0 radical (unpaired) electrons. The van der Waals surface area contributed by atoms with E-state index in [-0.39, 0.29) is 0 Å². The van der Waals surface area contributed by atoms with Gasteiger partial charge in [-0.2, -0.15) is 0 Å². The maximum Gasteiger partial charge on any atom is 0.0653 e. The van der Waals surface area contributed by atoms with Crippen molar-refractivity contribution in [3.05, 3.63) is 0 Å². The molecule has 76 valence electrons. The average molecular weight is 184 g/mol. The Hall–Kier alpha value is -0.0800. The lowest BCUT2D eigenvalue weighted by molar-refractivity contribution is -0.0935. The van der Waals surface area contributed by atoms with Gasteiger partial charge in [-0.05, 0) is 25.2 Å². The third-order valence-electron chi connectivity index (χ3n) is 3.08. The van der Waals surface area contributed by atoms with Gasteiger partial charge in [0.1, 0.15) is 0 Å². The summed E-state index contributed by atoms with van der Waals surface area (Å²) in [7, 11) is 0. The summed E-state index contributed by atoms with van der Waals surface area (Å²) < 4.78 is 11.5. The van der Waals surface area contributed by atoms with Crippen LogP contribution in [0.25, 0.3) is 0 Å². The van der Waals surface area contributed by atoms with Gasteiger partial charge >= 0.3 is 0 Å². The van der Waals surface area contributed by atoms with Gasteiger partial charge in [-0.3, -0.25) is 0 Å². The zero-order valence-corrected chi connectivity index (χ0v) is 8.66. The molecule has 0 N–H and O–H groups in total. The molecule has 0 aromatic heterocycles. The number of hydrogen-bond acceptors (Lipinski definition) is 2. The summed E-state index contributed by atoms with van der Waals surface area (Å²) in [6, 6.07) is 0. The van der Waals surface area contributed by atoms with E-state index in [9.17, 15) is 0 Å². The van der Waals surface area contributed by atoms with Crippen LogP contribution in [0.2, 0.25) is 0 Å². The van der Waals surface area contributed by atoms with Gasteiger partial charge in [-0.15, -0.1) is 0 Å². The van der Waals surface area contributed by atoms with Gasteiger partial charge in [0.15, 0.2) is 0 Å². The zero-order chi connectivity index (χ0) is 9.26. The molecule has 2 fully saturated rings. The van der Waals surface area contributed by atoms with Gasteiger partial charge in [-0.1, -0.05) is 13.8 Å². The first-order chi connectivity index (χ1) is 6.27. The minimum atomic E-state index is 0.473. The summed E-state index contributed by atoms with van der Waals surface area (Å²) in [6.45, 7) is 6.32. The number of hydrogen-bond donors (Lipinski definition) is 0. The van der Waals surface area contributed by atoms with Crippen LogP contribution in [-0.4, -0.2) is 25.4 Å². The van der Waals surface area contributed by atoms with Crippen molar-refractivity contribution < 1.29 is 9.47 Å². The Morgan fingerprint density at radius 1 is 1.23 bits per heavy atom. The molecule has 0 unspecified atom stereocenters. The van der Waals surface area contributed by atoms with Gasteiger partial charge < -0.3 is 9.47 Å². The van der Waals surface area contributed by atoms with Crippen molar-refractivity contribution in [3.63, 3.8) is 0 Å². The first kappa shape index (κ1) is 9.47. The highest BCUT2D eigenvalue weighted by Gasteiger charge is 2.34. The SMILES string of the molecule is CC(C)[C@@H]1COCC[C@H]1OC1CC1. The van der Waals surface area contributed by atoms with Crippen LogP contribution in [0.5, 0.6) is 0 Å². The normalized spacial score (nSPS) is 35.3. The maximum absolute atomic E-state index is 6.00. The monoisotopic (exact) mass is 184 g/mol. The van der Waals surface area contributed by atoms with Gasteiger partial charge in [0.2, 0.25) is 0 Å². The van der Waals surface area contributed by atoms with E-state index in [1.165, 1.54) is 12.8 Å². The molecule has 1 heterocycles. The lowest BCUT2D eigenvalue weighted by Crippen LogP contribution is -2.37. The van der Waals surface area contributed by atoms with Crippen molar-refractivity contribution in [2.45, 2.75) is 45.3 Å². The van der Waals surface area contributed by atoms with E-state index in [0.29, 0.717) is 24.0 Å². The van der Waals surface area contributed by atoms with E-state index < -0.39 is 0 Å². The second-order valence-corrected chi connectivity index (χ2v) is 4.65. The van der Waals surface area contributed by atoms with Gasteiger partial charge in [0.05, 0.1) is 18.8 Å². The molecule has 0 aromatic rings. The van der Waals surface area contributed by atoms with E-state index in [2.05, 4.69) is 13.8 Å². The Kier molecular flexibility index (Phi) is 2.89. The summed E-state index contributed by atoms with van der Waals surface area (Å²) in [5.74, 6) is 1.30. The van der Waals surface area contributed by atoms with Crippen LogP contribution in [0.4, 0.5) is 0 Å². The molecule has 2 atom stereocenters. The lowest BCUT2D eigenvalue weighted by Gasteiger charge is -2.34. The molecule has 1 aliphatic heterocycles. The highest BCUT2D eigenvalue weighted by Crippen LogP contribution is 2.32. The quantitative estimate of drug-likeness (QED) is 0.669. The maximum atomic E-state index is 6.00. The minimum Gasteiger partial charge on any atom is -0.381 e. The summed E-state index contributed by atoms with van der Waals surface area (Å²) in [6.07, 6.45) is 4.72. The predicted octanol–water partition coefficient (Wildman–Crippen LogP) is 2.23. The molecule has 1 saturated heterocycles. The van der Waals surface area contributed by atoms with Crippen LogP contribution in [0.15, 0.2) is 0 Å². The van der Waals surface area contributed by atoms with Crippen molar-refractivity contribution in [2.24, 2.45) is 11.8 Å². The van der Waals surface area contributed by atoms with E-state index >= 15 is 0 Å². The van der Waals surface area contributed by atoms with Crippen LogP contribution in [0.3, 0.4) is 0 Å². The largest absolute Gasteiger partial charge is 0.381 e. The van der Waals surface area contributed by atoms with Crippen LogP contribution in [-0.2, 0) is 9.47 Å². The molecule has 2 aliphatic rings. The molecule has 0 amide bonds. The molecule has 0 bridgehead atoms. The van der Waals surface area contributed by atoms with Crippen LogP contribution in [0, 0.1) is 11.8 Å². The summed E-state index contributed by atoms with van der Waals surface area (Å²) in [4.78, 5) is 0. The second-order valence-electron chi connectivity index (χ2n) is 4.65. The average Bonchev–Trinajstić information content (AvgIpc) is 2.89. The van der Waals surface area contributed by atoms with E-state index in [1.807, 2.05) is 0 Å². The van der Waals surface area contributed by atoms with Gasteiger partial charge in [-0.25, -0.2) is 0 Å². The first-order valence-corrected chi connectivity index (χ1v) is 5.50. The molecule has 0 spiro atoms. The van der Waals surface area contributed by atoms with Crippen molar-refractivity contribution >= 4 is 0 Å². The van der Waals surface area contributed by atoms with Crippen LogP contribution >= 0.6 is 0 Å². The molecule has 1 saturated carbocycles. The number of rotatable bonds is 3. The third kappa shape index (κ3) is 2.44. The Morgan fingerprint density at radius 3 is 2.62 bits per heavy atom. The van der Waals surface area contributed by atoms with Gasteiger partial charge in [0.25, 0.3) is 0 Å². The molecule has 13 heavy (non-hydrogen) atoms. The summed E-state index contributed by atoms with van der Waals surface area (Å²) in [5.41, 5.74) is 0. The van der Waals surface area contributed by atoms with E-state index in [4.69, 9.17) is 9.47 Å². The zero-order valence-electron chi connectivity index (χ0n) is 8.66. The molecule has 2 rings (SSSR count). The molecule has 1 aliphatic carbocycles. The molecule has 2 heteroatoms. The fraction of sp³-hybridized carbons (Fsp3) is 1.00. The second kappa shape index (κ2) is 3.97. The lowest BCUT2D eigenvalue weighted by atomic mass is 9.88. The van der Waals surface area contributed by atoms with Crippen LogP contribution in [0.1, 0.15) is 33.1 Å². The van der Waals surface area contributed by atoms with Crippen molar-refractivity contribution in [2.75, 3.05) is 13.2 Å². The van der Waals surface area contributed by atoms with E-state index in [0.717, 1.165) is 19.6 Å². The van der Waals surface area contributed by atoms with Gasteiger partial charge in [0, 0.05) is 12.5 Å². The van der Waals surface area contributed by atoms with Crippen molar-refractivity contribution in [3.8, 4) is 0 Å². The Labute approximate surface area is 80.6 Å². The Morgan fingerprint density at radius 2 is 2.00 bits per heavy atom. The molecular formula is C11H20O2.